The second-order valence-corrected chi connectivity index (χ2v) is 13.1. The highest BCUT2D eigenvalue weighted by Crippen LogP contribution is 2.28. The van der Waals surface area contributed by atoms with Gasteiger partial charge in [-0.05, 0) is 85.5 Å². The van der Waals surface area contributed by atoms with Crippen molar-refractivity contribution in [1.29, 1.82) is 0 Å². The molecule has 0 fully saturated rings. The van der Waals surface area contributed by atoms with Crippen LogP contribution in [-0.4, -0.2) is 58.0 Å². The molecule has 0 bridgehead atoms. The summed E-state index contributed by atoms with van der Waals surface area (Å²) < 4.78 is 40.7. The molecule has 232 valence electrons. The minimum atomic E-state index is -4.18. The molecule has 1 atom stereocenters. The van der Waals surface area contributed by atoms with Crippen LogP contribution in [0.2, 0.25) is 0 Å². The Morgan fingerprint density at radius 1 is 0.953 bits per heavy atom. The van der Waals surface area contributed by atoms with Gasteiger partial charge in [0.2, 0.25) is 11.8 Å². The van der Waals surface area contributed by atoms with Crippen molar-refractivity contribution in [3.8, 4) is 11.5 Å². The first-order chi connectivity index (χ1) is 20.5. The van der Waals surface area contributed by atoms with Gasteiger partial charge in [0.1, 0.15) is 24.1 Å². The third-order valence-electron chi connectivity index (χ3n) is 6.67. The van der Waals surface area contributed by atoms with Crippen LogP contribution in [-0.2, 0) is 26.2 Å². The Hall–Kier alpha value is -3.57. The highest BCUT2D eigenvalue weighted by molar-refractivity contribution is 9.10. The van der Waals surface area contributed by atoms with E-state index in [0.717, 1.165) is 14.3 Å². The largest absolute Gasteiger partial charge is 0.497 e. The van der Waals surface area contributed by atoms with Crippen LogP contribution >= 0.6 is 15.9 Å². The number of nitrogens with one attached hydrogen (secondary N) is 1. The maximum Gasteiger partial charge on any atom is 0.264 e. The van der Waals surface area contributed by atoms with E-state index in [-0.39, 0.29) is 23.3 Å². The lowest BCUT2D eigenvalue weighted by atomic mass is 10.1. The van der Waals surface area contributed by atoms with Gasteiger partial charge in [-0.2, -0.15) is 0 Å². The number of sulfonamides is 1. The van der Waals surface area contributed by atoms with E-state index in [2.05, 4.69) is 21.2 Å². The summed E-state index contributed by atoms with van der Waals surface area (Å²) >= 11 is 3.35. The second kappa shape index (κ2) is 15.8. The van der Waals surface area contributed by atoms with E-state index < -0.39 is 28.5 Å². The summed E-state index contributed by atoms with van der Waals surface area (Å²) in [6, 6.07) is 19.2. The smallest absolute Gasteiger partial charge is 0.264 e. The standard InChI is InChI=1S/C32H40BrN3O6S/c1-6-30(32(38)34-20-23(3)4)35(21-24-9-8-10-28(19-24)41-5)31(37)22-36(26-13-15-27(16-14-26)42-7-2)43(39,40)29-17-11-25(33)12-18-29/h8-19,23,30H,6-7,20-22H2,1-5H3,(H,34,38)/t30-/m1/s1. The van der Waals surface area contributed by atoms with E-state index >= 15 is 0 Å². The molecule has 0 saturated heterocycles. The van der Waals surface area contributed by atoms with Gasteiger partial charge >= 0.3 is 0 Å². The first kappa shape index (κ1) is 33.9. The molecule has 0 aliphatic carbocycles. The van der Waals surface area contributed by atoms with Gasteiger partial charge in [-0.15, -0.1) is 0 Å². The molecule has 2 amide bonds. The number of amides is 2. The number of carbonyl (C=O) groups is 2. The maximum absolute atomic E-state index is 14.2. The molecular formula is C32H40BrN3O6S. The molecule has 11 heteroatoms. The number of hydrogen-bond donors (Lipinski definition) is 1. The van der Waals surface area contributed by atoms with E-state index in [4.69, 9.17) is 9.47 Å². The zero-order valence-electron chi connectivity index (χ0n) is 25.2. The van der Waals surface area contributed by atoms with E-state index in [1.165, 1.54) is 17.0 Å². The molecule has 0 aliphatic heterocycles. The molecule has 0 saturated carbocycles. The summed E-state index contributed by atoms with van der Waals surface area (Å²) in [5.41, 5.74) is 1.03. The summed E-state index contributed by atoms with van der Waals surface area (Å²) in [6.07, 6.45) is 0.335. The first-order valence-electron chi connectivity index (χ1n) is 14.2. The average molecular weight is 675 g/mol. The van der Waals surface area contributed by atoms with Crippen LogP contribution < -0.4 is 19.1 Å². The molecule has 0 radical (unpaired) electrons. The summed E-state index contributed by atoms with van der Waals surface area (Å²) in [5, 5.41) is 2.93. The molecule has 0 heterocycles. The molecule has 43 heavy (non-hydrogen) atoms. The zero-order valence-corrected chi connectivity index (χ0v) is 27.7. The van der Waals surface area contributed by atoms with Gasteiger partial charge in [-0.25, -0.2) is 8.42 Å². The highest BCUT2D eigenvalue weighted by Gasteiger charge is 2.33. The number of anilines is 1. The number of nitrogens with zero attached hydrogens (tertiary/aromatic N) is 2. The average Bonchev–Trinajstić information content (AvgIpc) is 2.99. The molecule has 0 spiro atoms. The van der Waals surface area contributed by atoms with Gasteiger partial charge < -0.3 is 19.7 Å². The lowest BCUT2D eigenvalue weighted by molar-refractivity contribution is -0.140. The fourth-order valence-electron chi connectivity index (χ4n) is 4.45. The summed E-state index contributed by atoms with van der Waals surface area (Å²) in [5.74, 6) is 0.581. The molecule has 0 unspecified atom stereocenters. The number of ether oxygens (including phenoxy) is 2. The van der Waals surface area contributed by atoms with E-state index in [0.29, 0.717) is 36.8 Å². The van der Waals surface area contributed by atoms with Crippen LogP contribution in [0.5, 0.6) is 11.5 Å². The van der Waals surface area contributed by atoms with Crippen molar-refractivity contribution in [2.24, 2.45) is 5.92 Å². The van der Waals surface area contributed by atoms with E-state index in [1.54, 1.807) is 61.7 Å². The van der Waals surface area contributed by atoms with Crippen LogP contribution in [0.3, 0.4) is 0 Å². The summed E-state index contributed by atoms with van der Waals surface area (Å²) in [4.78, 5) is 29.0. The monoisotopic (exact) mass is 673 g/mol. The van der Waals surface area contributed by atoms with Crippen molar-refractivity contribution in [2.75, 3.05) is 31.1 Å². The molecule has 1 N–H and O–H groups in total. The Balaban J connectivity index is 2.06. The van der Waals surface area contributed by atoms with Crippen LogP contribution in [0.25, 0.3) is 0 Å². The van der Waals surface area contributed by atoms with Crippen molar-refractivity contribution < 1.29 is 27.5 Å². The number of halogens is 1. The highest BCUT2D eigenvalue weighted by atomic mass is 79.9. The summed E-state index contributed by atoms with van der Waals surface area (Å²) in [7, 11) is -2.63. The third-order valence-corrected chi connectivity index (χ3v) is 8.99. The Bertz CT molecular complexity index is 1460. The number of carbonyl (C=O) groups excluding carboxylic acids is 2. The maximum atomic E-state index is 14.2. The van der Waals surface area contributed by atoms with Crippen molar-refractivity contribution in [3.05, 3.63) is 82.8 Å². The number of benzene rings is 3. The van der Waals surface area contributed by atoms with Gasteiger partial charge in [0.25, 0.3) is 10.0 Å². The summed E-state index contributed by atoms with van der Waals surface area (Å²) in [6.45, 7) is 8.12. The van der Waals surface area contributed by atoms with E-state index in [9.17, 15) is 18.0 Å². The number of hydrogen-bond acceptors (Lipinski definition) is 6. The van der Waals surface area contributed by atoms with Gasteiger partial charge in [0.15, 0.2) is 0 Å². The Kier molecular flexibility index (Phi) is 12.4. The quantitative estimate of drug-likeness (QED) is 0.224. The molecular weight excluding hydrogens is 634 g/mol. The van der Waals surface area contributed by atoms with Crippen molar-refractivity contribution in [2.45, 2.75) is 51.6 Å². The van der Waals surface area contributed by atoms with Gasteiger partial charge in [-0.3, -0.25) is 13.9 Å². The zero-order chi connectivity index (χ0) is 31.6. The topological polar surface area (TPSA) is 105 Å². The molecule has 3 aromatic rings. The van der Waals surface area contributed by atoms with Crippen molar-refractivity contribution in [3.63, 3.8) is 0 Å². The molecule has 3 aromatic carbocycles. The Morgan fingerprint density at radius 2 is 1.63 bits per heavy atom. The van der Waals surface area contributed by atoms with Crippen LogP contribution in [0.15, 0.2) is 82.2 Å². The third kappa shape index (κ3) is 9.21. The van der Waals surface area contributed by atoms with E-state index in [1.807, 2.05) is 33.8 Å². The minimum Gasteiger partial charge on any atom is -0.497 e. The normalized spacial score (nSPS) is 12.0. The van der Waals surface area contributed by atoms with Crippen molar-refractivity contribution in [1.82, 2.24) is 10.2 Å². The fourth-order valence-corrected chi connectivity index (χ4v) is 6.13. The number of methoxy groups -OCH3 is 1. The van der Waals surface area contributed by atoms with Gasteiger partial charge in [-0.1, -0.05) is 48.8 Å². The Morgan fingerprint density at radius 3 is 2.21 bits per heavy atom. The Labute approximate surface area is 263 Å². The first-order valence-corrected chi connectivity index (χ1v) is 16.4. The molecule has 0 aliphatic rings. The minimum absolute atomic E-state index is 0.0263. The van der Waals surface area contributed by atoms with Crippen LogP contribution in [0, 0.1) is 5.92 Å². The lowest BCUT2D eigenvalue weighted by Crippen LogP contribution is -2.52. The van der Waals surface area contributed by atoms with Gasteiger partial charge in [0, 0.05) is 17.6 Å². The van der Waals surface area contributed by atoms with Gasteiger partial charge in [0.05, 0.1) is 24.3 Å². The second-order valence-electron chi connectivity index (χ2n) is 10.3. The SMILES string of the molecule is CCOc1ccc(N(CC(=O)N(Cc2cccc(OC)c2)[C@H](CC)C(=O)NCC(C)C)S(=O)(=O)c2ccc(Br)cc2)cc1. The van der Waals surface area contributed by atoms with Crippen molar-refractivity contribution >= 4 is 43.5 Å². The lowest BCUT2D eigenvalue weighted by Gasteiger charge is -2.33. The molecule has 3 rings (SSSR count). The fraction of sp³-hybridized carbons (Fsp3) is 0.375. The molecule has 0 aromatic heterocycles. The molecule has 9 nitrogen and oxygen atoms in total. The predicted molar refractivity (Wildman–Crippen MR) is 172 cm³/mol. The van der Waals surface area contributed by atoms with Crippen LogP contribution in [0.4, 0.5) is 5.69 Å². The number of rotatable bonds is 15. The predicted octanol–water partition coefficient (Wildman–Crippen LogP) is 5.63. The van der Waals surface area contributed by atoms with Crippen LogP contribution in [0.1, 0.15) is 39.7 Å².